The summed E-state index contributed by atoms with van der Waals surface area (Å²) < 4.78 is 0. The predicted octanol–water partition coefficient (Wildman–Crippen LogP) is 2.96. The van der Waals surface area contributed by atoms with Crippen molar-refractivity contribution in [3.63, 3.8) is 0 Å². The van der Waals surface area contributed by atoms with Crippen LogP contribution in [0.15, 0.2) is 6.20 Å². The highest BCUT2D eigenvalue weighted by Gasteiger charge is 2.44. The Morgan fingerprint density at radius 3 is 2.83 bits per heavy atom. The van der Waals surface area contributed by atoms with Gasteiger partial charge in [-0.2, -0.15) is 5.26 Å². The molecule has 1 saturated carbocycles. The van der Waals surface area contributed by atoms with Crippen molar-refractivity contribution in [1.82, 2.24) is 9.88 Å². The molecule has 3 aliphatic rings. The molecule has 1 amide bonds. The Hall–Kier alpha value is -1.61. The maximum Gasteiger partial charge on any atom is 0.234 e. The number of carbonyl (C=O) groups excluding carboxylic acids is 1. The summed E-state index contributed by atoms with van der Waals surface area (Å²) in [6.45, 7) is 2.14. The molecule has 3 heterocycles. The molecule has 1 aliphatic carbocycles. The second-order valence-electron chi connectivity index (χ2n) is 7.03. The minimum atomic E-state index is -0.0227. The van der Waals surface area contributed by atoms with Crippen LogP contribution in [-0.2, 0) is 4.79 Å². The van der Waals surface area contributed by atoms with Gasteiger partial charge in [0.25, 0.3) is 0 Å². The molecule has 23 heavy (non-hydrogen) atoms. The SMILES string of the molecule is N#CN1CC[C@H]2CN(c3ncc(C4CCCCC4)s3)C(=O)[C@H]2C1. The van der Waals surface area contributed by atoms with E-state index >= 15 is 0 Å². The van der Waals surface area contributed by atoms with Gasteiger partial charge in [0.15, 0.2) is 11.3 Å². The number of nitrogens with zero attached hydrogens (tertiary/aromatic N) is 4. The van der Waals surface area contributed by atoms with E-state index in [2.05, 4.69) is 11.2 Å². The zero-order chi connectivity index (χ0) is 15.8. The minimum Gasteiger partial charge on any atom is -0.310 e. The van der Waals surface area contributed by atoms with Gasteiger partial charge in [0, 0.05) is 30.7 Å². The minimum absolute atomic E-state index is 0.0227. The van der Waals surface area contributed by atoms with Crippen molar-refractivity contribution in [2.75, 3.05) is 24.5 Å². The maximum atomic E-state index is 12.7. The first-order valence-corrected chi connectivity index (χ1v) is 9.49. The van der Waals surface area contributed by atoms with Crippen molar-refractivity contribution >= 4 is 22.4 Å². The fraction of sp³-hybridized carbons (Fsp3) is 0.706. The van der Waals surface area contributed by atoms with Crippen LogP contribution in [0.4, 0.5) is 5.13 Å². The van der Waals surface area contributed by atoms with Gasteiger partial charge in [-0.1, -0.05) is 19.3 Å². The van der Waals surface area contributed by atoms with Crippen molar-refractivity contribution < 1.29 is 4.79 Å². The second-order valence-corrected chi connectivity index (χ2v) is 8.07. The van der Waals surface area contributed by atoms with Crippen molar-refractivity contribution in [1.29, 1.82) is 5.26 Å². The van der Waals surface area contributed by atoms with Gasteiger partial charge in [-0.15, -0.1) is 11.3 Å². The van der Waals surface area contributed by atoms with Crippen LogP contribution in [0.1, 0.15) is 49.3 Å². The lowest BCUT2D eigenvalue weighted by atomic mass is 9.88. The Labute approximate surface area is 140 Å². The lowest BCUT2D eigenvalue weighted by molar-refractivity contribution is -0.122. The van der Waals surface area contributed by atoms with Gasteiger partial charge in [-0.3, -0.25) is 9.69 Å². The Morgan fingerprint density at radius 2 is 2.04 bits per heavy atom. The molecule has 5 nitrogen and oxygen atoms in total. The quantitative estimate of drug-likeness (QED) is 0.782. The van der Waals surface area contributed by atoms with Crippen LogP contribution in [0.25, 0.3) is 0 Å². The molecule has 0 unspecified atom stereocenters. The normalized spacial score (nSPS) is 28.7. The molecule has 2 atom stereocenters. The topological polar surface area (TPSA) is 60.2 Å². The van der Waals surface area contributed by atoms with Gasteiger partial charge < -0.3 is 4.90 Å². The summed E-state index contributed by atoms with van der Waals surface area (Å²) in [4.78, 5) is 22.3. The lowest BCUT2D eigenvalue weighted by Gasteiger charge is -2.28. The van der Waals surface area contributed by atoms with E-state index in [-0.39, 0.29) is 11.8 Å². The molecule has 122 valence electrons. The smallest absolute Gasteiger partial charge is 0.234 e. The fourth-order valence-corrected chi connectivity index (χ4v) is 5.36. The highest BCUT2D eigenvalue weighted by molar-refractivity contribution is 7.15. The van der Waals surface area contributed by atoms with E-state index < -0.39 is 0 Å². The summed E-state index contributed by atoms with van der Waals surface area (Å²) in [7, 11) is 0. The molecule has 2 aliphatic heterocycles. The first-order chi connectivity index (χ1) is 11.3. The van der Waals surface area contributed by atoms with Crippen molar-refractivity contribution in [3.8, 4) is 6.19 Å². The molecule has 1 aromatic heterocycles. The summed E-state index contributed by atoms with van der Waals surface area (Å²) >= 11 is 1.71. The van der Waals surface area contributed by atoms with Gasteiger partial charge >= 0.3 is 0 Å². The van der Waals surface area contributed by atoms with Crippen molar-refractivity contribution in [2.45, 2.75) is 44.4 Å². The predicted molar refractivity (Wildman–Crippen MR) is 89.1 cm³/mol. The number of anilines is 1. The summed E-state index contributed by atoms with van der Waals surface area (Å²) in [6, 6.07) is 0. The number of hydrogen-bond donors (Lipinski definition) is 0. The number of carbonyl (C=O) groups is 1. The summed E-state index contributed by atoms with van der Waals surface area (Å²) in [5.74, 6) is 1.17. The highest BCUT2D eigenvalue weighted by Crippen LogP contribution is 2.40. The van der Waals surface area contributed by atoms with Crippen LogP contribution in [0, 0.1) is 23.3 Å². The average Bonchev–Trinajstić information content (AvgIpc) is 3.20. The third kappa shape index (κ3) is 2.72. The first-order valence-electron chi connectivity index (χ1n) is 8.68. The molecular weight excluding hydrogens is 308 g/mol. The van der Waals surface area contributed by atoms with E-state index in [0.717, 1.165) is 24.6 Å². The van der Waals surface area contributed by atoms with E-state index in [0.29, 0.717) is 18.4 Å². The van der Waals surface area contributed by atoms with Gasteiger partial charge in [0.1, 0.15) is 0 Å². The standard InChI is InChI=1S/C17H22N4OS/c18-11-20-7-6-13-9-21(16(22)14(13)10-20)17-19-8-15(23-17)12-4-2-1-3-5-12/h8,12-14H,1-7,9-10H2/t13-,14-/m0/s1. The second kappa shape index (κ2) is 6.12. The van der Waals surface area contributed by atoms with E-state index in [1.54, 1.807) is 16.2 Å². The monoisotopic (exact) mass is 330 g/mol. The molecule has 3 fully saturated rings. The number of hydrogen-bond acceptors (Lipinski definition) is 5. The van der Waals surface area contributed by atoms with Crippen molar-refractivity contribution in [3.05, 3.63) is 11.1 Å². The fourth-order valence-electron chi connectivity index (χ4n) is 4.26. The van der Waals surface area contributed by atoms with Gasteiger partial charge in [0.05, 0.1) is 5.92 Å². The van der Waals surface area contributed by atoms with Gasteiger partial charge in [-0.25, -0.2) is 4.98 Å². The Morgan fingerprint density at radius 1 is 1.22 bits per heavy atom. The number of likely N-dealkylation sites (tertiary alicyclic amines) is 1. The molecule has 4 rings (SSSR count). The number of thiazole rings is 1. The maximum absolute atomic E-state index is 12.7. The number of nitriles is 1. The molecule has 6 heteroatoms. The first kappa shape index (κ1) is 14.9. The Kier molecular flexibility index (Phi) is 3.98. The number of piperidine rings is 1. The summed E-state index contributed by atoms with van der Waals surface area (Å²) in [6.07, 6.45) is 11.6. The Bertz CT molecular complexity index is 631. The van der Waals surface area contributed by atoms with Crippen LogP contribution in [-0.4, -0.2) is 35.4 Å². The molecule has 0 radical (unpaired) electrons. The largest absolute Gasteiger partial charge is 0.310 e. The van der Waals surface area contributed by atoms with E-state index in [1.165, 1.54) is 37.0 Å². The van der Waals surface area contributed by atoms with Crippen LogP contribution in [0.3, 0.4) is 0 Å². The average molecular weight is 330 g/mol. The molecule has 0 spiro atoms. The Balaban J connectivity index is 1.49. The van der Waals surface area contributed by atoms with Crippen LogP contribution in [0.2, 0.25) is 0 Å². The number of fused-ring (bicyclic) bond motifs is 1. The number of rotatable bonds is 2. The third-order valence-electron chi connectivity index (χ3n) is 5.65. The van der Waals surface area contributed by atoms with E-state index in [9.17, 15) is 4.79 Å². The van der Waals surface area contributed by atoms with Crippen molar-refractivity contribution in [2.24, 2.45) is 11.8 Å². The zero-order valence-corrected chi connectivity index (χ0v) is 14.1. The lowest BCUT2D eigenvalue weighted by Crippen LogP contribution is -2.39. The molecule has 0 aromatic carbocycles. The van der Waals surface area contributed by atoms with Crippen LogP contribution in [0.5, 0.6) is 0 Å². The summed E-state index contributed by atoms with van der Waals surface area (Å²) in [5.41, 5.74) is 0. The zero-order valence-electron chi connectivity index (χ0n) is 13.3. The molecule has 0 bridgehead atoms. The number of aromatic nitrogens is 1. The molecular formula is C17H22N4OS. The molecule has 1 aromatic rings. The van der Waals surface area contributed by atoms with Gasteiger partial charge in [0.2, 0.25) is 5.91 Å². The summed E-state index contributed by atoms with van der Waals surface area (Å²) in [5, 5.41) is 9.94. The molecule has 2 saturated heterocycles. The number of amides is 1. The molecule has 0 N–H and O–H groups in total. The highest BCUT2D eigenvalue weighted by atomic mass is 32.1. The van der Waals surface area contributed by atoms with Crippen LogP contribution < -0.4 is 4.90 Å². The third-order valence-corrected chi connectivity index (χ3v) is 6.83. The van der Waals surface area contributed by atoms with E-state index in [1.807, 2.05) is 11.1 Å². The van der Waals surface area contributed by atoms with E-state index in [4.69, 9.17) is 5.26 Å². The van der Waals surface area contributed by atoms with Crippen LogP contribution >= 0.6 is 11.3 Å². The van der Waals surface area contributed by atoms with Gasteiger partial charge in [-0.05, 0) is 31.1 Å².